The molecular formula is C16H24N4O4. The molecule has 0 radical (unpaired) electrons. The number of anilines is 2. The maximum atomic E-state index is 5.37. The second-order valence-corrected chi connectivity index (χ2v) is 4.96. The largest absolute Gasteiger partial charge is 0.493 e. The highest BCUT2D eigenvalue weighted by Crippen LogP contribution is 2.34. The van der Waals surface area contributed by atoms with E-state index in [1.165, 1.54) is 0 Å². The third kappa shape index (κ3) is 4.36. The van der Waals surface area contributed by atoms with Crippen LogP contribution in [0.25, 0.3) is 10.9 Å². The zero-order valence-electron chi connectivity index (χ0n) is 14.5. The Labute approximate surface area is 141 Å². The number of hydrogen-bond acceptors (Lipinski definition) is 8. The van der Waals surface area contributed by atoms with Crippen molar-refractivity contribution in [3.63, 3.8) is 0 Å². The Kier molecular flexibility index (Phi) is 6.83. The van der Waals surface area contributed by atoms with Gasteiger partial charge in [-0.1, -0.05) is 0 Å². The SMILES string of the molecule is COCCNc1nc(NCCOC)c2cc(OC)c(OC)cc2n1. The molecule has 0 aliphatic rings. The summed E-state index contributed by atoms with van der Waals surface area (Å²) in [5.41, 5.74) is 0.752. The Balaban J connectivity index is 2.42. The van der Waals surface area contributed by atoms with Crippen molar-refractivity contribution in [1.29, 1.82) is 0 Å². The molecule has 0 fully saturated rings. The molecule has 0 aliphatic carbocycles. The molecule has 8 nitrogen and oxygen atoms in total. The molecule has 0 atom stereocenters. The Morgan fingerprint density at radius 3 is 2.08 bits per heavy atom. The van der Waals surface area contributed by atoms with Gasteiger partial charge in [0, 0.05) is 38.8 Å². The number of ether oxygens (including phenoxy) is 4. The molecule has 2 rings (SSSR count). The predicted molar refractivity (Wildman–Crippen MR) is 93.4 cm³/mol. The van der Waals surface area contributed by atoms with E-state index in [0.29, 0.717) is 49.6 Å². The number of aromatic nitrogens is 2. The summed E-state index contributed by atoms with van der Waals surface area (Å²) < 4.78 is 20.8. The second-order valence-electron chi connectivity index (χ2n) is 4.96. The fraction of sp³-hybridized carbons (Fsp3) is 0.500. The summed E-state index contributed by atoms with van der Waals surface area (Å²) in [6.45, 7) is 2.40. The van der Waals surface area contributed by atoms with Crippen LogP contribution in [0.2, 0.25) is 0 Å². The minimum atomic E-state index is 0.520. The maximum absolute atomic E-state index is 5.37. The van der Waals surface area contributed by atoms with E-state index in [2.05, 4.69) is 20.6 Å². The molecule has 0 saturated carbocycles. The summed E-state index contributed by atoms with van der Waals surface area (Å²) in [5.74, 6) is 2.47. The first-order valence-electron chi connectivity index (χ1n) is 7.62. The summed E-state index contributed by atoms with van der Waals surface area (Å²) in [4.78, 5) is 9.07. The molecule has 0 spiro atoms. The van der Waals surface area contributed by atoms with Crippen LogP contribution >= 0.6 is 0 Å². The van der Waals surface area contributed by atoms with Crippen LogP contribution in [0.3, 0.4) is 0 Å². The zero-order chi connectivity index (χ0) is 17.4. The van der Waals surface area contributed by atoms with Gasteiger partial charge in [0.15, 0.2) is 11.5 Å². The van der Waals surface area contributed by atoms with E-state index in [4.69, 9.17) is 18.9 Å². The average molecular weight is 336 g/mol. The minimum Gasteiger partial charge on any atom is -0.493 e. The highest BCUT2D eigenvalue weighted by atomic mass is 16.5. The Morgan fingerprint density at radius 2 is 1.46 bits per heavy atom. The van der Waals surface area contributed by atoms with Crippen LogP contribution in [0, 0.1) is 0 Å². The standard InChI is InChI=1S/C16H24N4O4/c1-21-7-5-17-15-11-9-13(23-3)14(24-4)10-12(11)19-16(20-15)18-6-8-22-2/h9-10H,5-8H2,1-4H3,(H2,17,18,19,20). The molecule has 0 aliphatic heterocycles. The predicted octanol–water partition coefficient (Wildman–Crippen LogP) is 1.76. The van der Waals surface area contributed by atoms with E-state index in [1.807, 2.05) is 12.1 Å². The molecule has 1 heterocycles. The lowest BCUT2D eigenvalue weighted by atomic mass is 10.2. The number of hydrogen-bond donors (Lipinski definition) is 2. The second kappa shape index (κ2) is 9.09. The molecule has 2 aromatic rings. The van der Waals surface area contributed by atoms with E-state index in [9.17, 15) is 0 Å². The van der Waals surface area contributed by atoms with Gasteiger partial charge in [-0.25, -0.2) is 4.98 Å². The quantitative estimate of drug-likeness (QED) is 0.635. The van der Waals surface area contributed by atoms with Gasteiger partial charge in [0.2, 0.25) is 5.95 Å². The van der Waals surface area contributed by atoms with Crippen molar-refractivity contribution in [1.82, 2.24) is 9.97 Å². The van der Waals surface area contributed by atoms with Gasteiger partial charge < -0.3 is 29.6 Å². The van der Waals surface area contributed by atoms with E-state index < -0.39 is 0 Å². The number of rotatable bonds is 10. The van der Waals surface area contributed by atoms with E-state index in [1.54, 1.807) is 28.4 Å². The van der Waals surface area contributed by atoms with Gasteiger partial charge in [0.05, 0.1) is 33.0 Å². The average Bonchev–Trinajstić information content (AvgIpc) is 2.61. The third-order valence-electron chi connectivity index (χ3n) is 3.39. The number of fused-ring (bicyclic) bond motifs is 1. The smallest absolute Gasteiger partial charge is 0.225 e. The van der Waals surface area contributed by atoms with Crippen LogP contribution in [0.15, 0.2) is 12.1 Å². The highest BCUT2D eigenvalue weighted by Gasteiger charge is 2.13. The van der Waals surface area contributed by atoms with Crippen molar-refractivity contribution < 1.29 is 18.9 Å². The molecule has 132 valence electrons. The van der Waals surface area contributed by atoms with Gasteiger partial charge in [-0.3, -0.25) is 0 Å². The van der Waals surface area contributed by atoms with Crippen LogP contribution in [0.1, 0.15) is 0 Å². The van der Waals surface area contributed by atoms with Gasteiger partial charge in [-0.2, -0.15) is 4.98 Å². The number of nitrogens with zero attached hydrogens (tertiary/aromatic N) is 2. The van der Waals surface area contributed by atoms with Crippen LogP contribution in [-0.2, 0) is 9.47 Å². The normalized spacial score (nSPS) is 10.7. The molecular weight excluding hydrogens is 312 g/mol. The topological polar surface area (TPSA) is 86.8 Å². The lowest BCUT2D eigenvalue weighted by Gasteiger charge is -2.14. The van der Waals surface area contributed by atoms with Crippen LogP contribution in [0.4, 0.5) is 11.8 Å². The number of nitrogens with one attached hydrogen (secondary N) is 2. The van der Waals surface area contributed by atoms with Crippen LogP contribution in [-0.4, -0.2) is 64.7 Å². The summed E-state index contributed by atoms with van der Waals surface area (Å²) in [6, 6.07) is 3.70. The minimum absolute atomic E-state index is 0.520. The summed E-state index contributed by atoms with van der Waals surface area (Å²) in [5, 5.41) is 7.26. The first-order chi connectivity index (χ1) is 11.7. The van der Waals surface area contributed by atoms with Gasteiger partial charge in [0.1, 0.15) is 5.82 Å². The van der Waals surface area contributed by atoms with Crippen molar-refractivity contribution in [3.8, 4) is 11.5 Å². The molecule has 0 bridgehead atoms. The van der Waals surface area contributed by atoms with E-state index in [-0.39, 0.29) is 0 Å². The molecule has 0 unspecified atom stereocenters. The Morgan fingerprint density at radius 1 is 0.833 bits per heavy atom. The van der Waals surface area contributed by atoms with Gasteiger partial charge in [-0.05, 0) is 6.07 Å². The number of methoxy groups -OCH3 is 4. The molecule has 0 saturated heterocycles. The maximum Gasteiger partial charge on any atom is 0.225 e. The van der Waals surface area contributed by atoms with Crippen LogP contribution in [0.5, 0.6) is 11.5 Å². The lowest BCUT2D eigenvalue weighted by molar-refractivity contribution is 0.210. The van der Waals surface area contributed by atoms with E-state index in [0.717, 1.165) is 10.9 Å². The van der Waals surface area contributed by atoms with E-state index >= 15 is 0 Å². The van der Waals surface area contributed by atoms with Gasteiger partial charge in [0.25, 0.3) is 0 Å². The fourth-order valence-corrected chi connectivity index (χ4v) is 2.21. The first-order valence-corrected chi connectivity index (χ1v) is 7.62. The van der Waals surface area contributed by atoms with Gasteiger partial charge >= 0.3 is 0 Å². The van der Waals surface area contributed by atoms with Crippen LogP contribution < -0.4 is 20.1 Å². The number of benzene rings is 1. The third-order valence-corrected chi connectivity index (χ3v) is 3.39. The molecule has 24 heavy (non-hydrogen) atoms. The highest BCUT2D eigenvalue weighted by molar-refractivity contribution is 5.92. The Bertz CT molecular complexity index is 666. The Hall–Kier alpha value is -2.32. The van der Waals surface area contributed by atoms with Crippen molar-refractivity contribution in [3.05, 3.63) is 12.1 Å². The fourth-order valence-electron chi connectivity index (χ4n) is 2.21. The zero-order valence-corrected chi connectivity index (χ0v) is 14.5. The van der Waals surface area contributed by atoms with Crippen molar-refractivity contribution in [2.75, 3.05) is 65.4 Å². The molecule has 1 aromatic heterocycles. The molecule has 0 amide bonds. The summed E-state index contributed by atoms with van der Waals surface area (Å²) in [7, 11) is 6.51. The molecule has 2 N–H and O–H groups in total. The van der Waals surface area contributed by atoms with Crippen molar-refractivity contribution in [2.45, 2.75) is 0 Å². The monoisotopic (exact) mass is 336 g/mol. The van der Waals surface area contributed by atoms with Gasteiger partial charge in [-0.15, -0.1) is 0 Å². The van der Waals surface area contributed by atoms with Crippen molar-refractivity contribution >= 4 is 22.7 Å². The molecule has 1 aromatic carbocycles. The molecule has 8 heteroatoms. The van der Waals surface area contributed by atoms with Crippen molar-refractivity contribution in [2.24, 2.45) is 0 Å². The first kappa shape index (κ1) is 18.0. The summed E-state index contributed by atoms with van der Waals surface area (Å²) in [6.07, 6.45) is 0. The lowest BCUT2D eigenvalue weighted by Crippen LogP contribution is -2.13. The summed E-state index contributed by atoms with van der Waals surface area (Å²) >= 11 is 0.